The number of hydrogen-bond acceptors (Lipinski definition) is 6. The molecule has 0 fully saturated rings. The summed E-state index contributed by atoms with van der Waals surface area (Å²) in [5.74, 6) is -0.510. The summed E-state index contributed by atoms with van der Waals surface area (Å²) in [6, 6.07) is 17.1. The number of carbonyl (C=O) groups excluding carboxylic acids is 2. The zero-order valence-corrected chi connectivity index (χ0v) is 20.1. The highest BCUT2D eigenvalue weighted by atomic mass is 16.5. The first-order valence-electron chi connectivity index (χ1n) is 11.5. The predicted octanol–water partition coefficient (Wildman–Crippen LogP) is 4.67. The SMILES string of the molecule is COC(=O)c1c(NC(=O)Cc2ccccc2)c2cc(NCc3ccccn3)cnc2n1CC(C)C. The summed E-state index contributed by atoms with van der Waals surface area (Å²) in [6.07, 6.45) is 3.65. The molecule has 0 aliphatic carbocycles. The molecule has 8 heteroatoms. The van der Waals surface area contributed by atoms with Crippen LogP contribution in [0.2, 0.25) is 0 Å². The van der Waals surface area contributed by atoms with Gasteiger partial charge in [0.2, 0.25) is 5.91 Å². The number of nitrogens with zero attached hydrogens (tertiary/aromatic N) is 3. The third kappa shape index (κ3) is 5.66. The molecule has 0 radical (unpaired) electrons. The number of hydrogen-bond donors (Lipinski definition) is 2. The first-order valence-corrected chi connectivity index (χ1v) is 11.5. The molecular formula is C27H29N5O3. The van der Waals surface area contributed by atoms with E-state index < -0.39 is 5.97 Å². The Morgan fingerprint density at radius 1 is 1.06 bits per heavy atom. The molecule has 0 unspecified atom stereocenters. The molecule has 3 heterocycles. The van der Waals surface area contributed by atoms with Gasteiger partial charge < -0.3 is 19.9 Å². The van der Waals surface area contributed by atoms with Gasteiger partial charge in [-0.25, -0.2) is 9.78 Å². The van der Waals surface area contributed by atoms with E-state index in [0.717, 1.165) is 16.9 Å². The minimum Gasteiger partial charge on any atom is -0.464 e. The summed E-state index contributed by atoms with van der Waals surface area (Å²) in [5, 5.41) is 6.96. The zero-order chi connectivity index (χ0) is 24.8. The van der Waals surface area contributed by atoms with Crippen molar-refractivity contribution in [3.8, 4) is 0 Å². The Kier molecular flexibility index (Phi) is 7.40. The Bertz CT molecular complexity index is 1320. The van der Waals surface area contributed by atoms with Gasteiger partial charge in [-0.15, -0.1) is 0 Å². The van der Waals surface area contributed by atoms with Crippen LogP contribution in [0.1, 0.15) is 35.6 Å². The number of nitrogens with one attached hydrogen (secondary N) is 2. The van der Waals surface area contributed by atoms with E-state index in [1.54, 1.807) is 12.4 Å². The smallest absolute Gasteiger partial charge is 0.356 e. The van der Waals surface area contributed by atoms with Crippen molar-refractivity contribution in [3.63, 3.8) is 0 Å². The van der Waals surface area contributed by atoms with Crippen molar-refractivity contribution in [2.75, 3.05) is 17.7 Å². The van der Waals surface area contributed by atoms with E-state index in [-0.39, 0.29) is 23.9 Å². The number of methoxy groups -OCH3 is 1. The quantitative estimate of drug-likeness (QED) is 0.344. The van der Waals surface area contributed by atoms with Gasteiger partial charge in [-0.3, -0.25) is 9.78 Å². The molecule has 4 aromatic rings. The molecule has 8 nitrogen and oxygen atoms in total. The number of esters is 1. The molecule has 180 valence electrons. The fourth-order valence-electron chi connectivity index (χ4n) is 3.96. The summed E-state index contributed by atoms with van der Waals surface area (Å²) in [7, 11) is 1.34. The van der Waals surface area contributed by atoms with E-state index >= 15 is 0 Å². The maximum absolute atomic E-state index is 13.0. The molecule has 0 bridgehead atoms. The van der Waals surface area contributed by atoms with Crippen molar-refractivity contribution in [1.29, 1.82) is 0 Å². The van der Waals surface area contributed by atoms with Gasteiger partial charge in [0, 0.05) is 18.1 Å². The highest BCUT2D eigenvalue weighted by Gasteiger charge is 2.26. The number of benzene rings is 1. The fraction of sp³-hybridized carbons (Fsp3) is 0.259. The average Bonchev–Trinajstić information content (AvgIpc) is 3.15. The van der Waals surface area contributed by atoms with Gasteiger partial charge in [-0.05, 0) is 29.7 Å². The normalized spacial score (nSPS) is 11.0. The van der Waals surface area contributed by atoms with E-state index in [1.807, 2.05) is 59.2 Å². The maximum atomic E-state index is 13.0. The standard InChI is InChI=1S/C27H29N5O3/c1-18(2)17-32-25(27(34)35-3)24(31-23(33)13-19-9-5-4-6-10-19)22-14-21(16-30-26(22)32)29-15-20-11-7-8-12-28-20/h4-12,14,16,18,29H,13,15,17H2,1-3H3,(H,31,33). The van der Waals surface area contributed by atoms with Crippen LogP contribution in [0.5, 0.6) is 0 Å². The lowest BCUT2D eigenvalue weighted by Gasteiger charge is -2.12. The lowest BCUT2D eigenvalue weighted by molar-refractivity contribution is -0.115. The van der Waals surface area contributed by atoms with Crippen LogP contribution in [0, 0.1) is 5.92 Å². The second-order valence-electron chi connectivity index (χ2n) is 8.70. The van der Waals surface area contributed by atoms with E-state index in [1.165, 1.54) is 7.11 Å². The van der Waals surface area contributed by atoms with E-state index in [0.29, 0.717) is 29.8 Å². The van der Waals surface area contributed by atoms with Crippen LogP contribution in [0.25, 0.3) is 11.0 Å². The first-order chi connectivity index (χ1) is 17.0. The molecule has 3 aromatic heterocycles. The van der Waals surface area contributed by atoms with Crippen LogP contribution in [-0.2, 0) is 29.0 Å². The minimum atomic E-state index is -0.526. The molecule has 0 saturated carbocycles. The highest BCUT2D eigenvalue weighted by Crippen LogP contribution is 2.33. The Morgan fingerprint density at radius 2 is 1.83 bits per heavy atom. The molecule has 0 aliphatic rings. The summed E-state index contributed by atoms with van der Waals surface area (Å²) < 4.78 is 6.93. The zero-order valence-electron chi connectivity index (χ0n) is 20.1. The summed E-state index contributed by atoms with van der Waals surface area (Å²) >= 11 is 0. The second-order valence-corrected chi connectivity index (χ2v) is 8.70. The Balaban J connectivity index is 1.74. The van der Waals surface area contributed by atoms with Crippen molar-refractivity contribution in [3.05, 3.63) is 83.9 Å². The van der Waals surface area contributed by atoms with Gasteiger partial charge in [0.15, 0.2) is 5.69 Å². The molecule has 4 rings (SSSR count). The summed E-state index contributed by atoms with van der Waals surface area (Å²) in [6.45, 7) is 5.18. The Morgan fingerprint density at radius 3 is 2.51 bits per heavy atom. The van der Waals surface area contributed by atoms with Gasteiger partial charge in [0.1, 0.15) is 5.65 Å². The number of rotatable bonds is 9. The molecule has 35 heavy (non-hydrogen) atoms. The highest BCUT2D eigenvalue weighted by molar-refractivity contribution is 6.11. The van der Waals surface area contributed by atoms with Crippen molar-refractivity contribution < 1.29 is 14.3 Å². The van der Waals surface area contributed by atoms with Crippen LogP contribution >= 0.6 is 0 Å². The van der Waals surface area contributed by atoms with Crippen molar-refractivity contribution in [2.24, 2.45) is 5.92 Å². The third-order valence-corrected chi connectivity index (χ3v) is 5.50. The van der Waals surface area contributed by atoms with Gasteiger partial charge in [0.05, 0.1) is 43.3 Å². The number of anilines is 2. The lowest BCUT2D eigenvalue weighted by Crippen LogP contribution is -2.19. The van der Waals surface area contributed by atoms with E-state index in [2.05, 4.69) is 34.4 Å². The third-order valence-electron chi connectivity index (χ3n) is 5.50. The van der Waals surface area contributed by atoms with Gasteiger partial charge >= 0.3 is 5.97 Å². The Labute approximate surface area is 204 Å². The number of fused-ring (bicyclic) bond motifs is 1. The molecular weight excluding hydrogens is 442 g/mol. The second kappa shape index (κ2) is 10.8. The molecule has 2 N–H and O–H groups in total. The number of amides is 1. The van der Waals surface area contributed by atoms with Crippen LogP contribution in [0.15, 0.2) is 67.0 Å². The lowest BCUT2D eigenvalue weighted by atomic mass is 10.1. The van der Waals surface area contributed by atoms with E-state index in [9.17, 15) is 9.59 Å². The largest absolute Gasteiger partial charge is 0.464 e. The number of carbonyl (C=O) groups is 2. The first kappa shape index (κ1) is 23.9. The minimum absolute atomic E-state index is 0.184. The summed E-state index contributed by atoms with van der Waals surface area (Å²) in [4.78, 5) is 34.9. The van der Waals surface area contributed by atoms with Crippen LogP contribution in [0.4, 0.5) is 11.4 Å². The van der Waals surface area contributed by atoms with Crippen LogP contribution in [-0.4, -0.2) is 33.5 Å². The van der Waals surface area contributed by atoms with Gasteiger partial charge in [-0.1, -0.05) is 50.2 Å². The van der Waals surface area contributed by atoms with Gasteiger partial charge in [-0.2, -0.15) is 0 Å². The van der Waals surface area contributed by atoms with Crippen LogP contribution in [0.3, 0.4) is 0 Å². The molecule has 0 aliphatic heterocycles. The molecule has 1 aromatic carbocycles. The van der Waals surface area contributed by atoms with Crippen molar-refractivity contribution >= 4 is 34.3 Å². The van der Waals surface area contributed by atoms with Gasteiger partial charge in [0.25, 0.3) is 0 Å². The maximum Gasteiger partial charge on any atom is 0.356 e. The van der Waals surface area contributed by atoms with E-state index in [4.69, 9.17) is 4.74 Å². The predicted molar refractivity (Wildman–Crippen MR) is 136 cm³/mol. The molecule has 0 spiro atoms. The average molecular weight is 472 g/mol. The number of ether oxygens (including phenoxy) is 1. The summed E-state index contributed by atoms with van der Waals surface area (Å²) in [5.41, 5.74) is 3.81. The monoisotopic (exact) mass is 471 g/mol. The molecule has 0 saturated heterocycles. The number of pyridine rings is 2. The Hall–Kier alpha value is -4.20. The van der Waals surface area contributed by atoms with Crippen molar-refractivity contribution in [2.45, 2.75) is 33.4 Å². The topological polar surface area (TPSA) is 98.1 Å². The molecule has 1 amide bonds. The molecule has 0 atom stereocenters. The van der Waals surface area contributed by atoms with Crippen LogP contribution < -0.4 is 10.6 Å². The fourth-order valence-corrected chi connectivity index (χ4v) is 3.96. The number of aromatic nitrogens is 3. The van der Waals surface area contributed by atoms with Crippen molar-refractivity contribution in [1.82, 2.24) is 14.5 Å².